The van der Waals surface area contributed by atoms with E-state index in [2.05, 4.69) is 40.3 Å². The summed E-state index contributed by atoms with van der Waals surface area (Å²) in [5, 5.41) is 3.13. The first-order chi connectivity index (χ1) is 11.9. The summed E-state index contributed by atoms with van der Waals surface area (Å²) in [5.74, 6) is -0.103. The van der Waals surface area contributed by atoms with Crippen LogP contribution in [0.1, 0.15) is 27.3 Å². The molecule has 0 bridgehead atoms. The predicted molar refractivity (Wildman–Crippen MR) is 101 cm³/mol. The number of aryl methyl sites for hydroxylation is 3. The Morgan fingerprint density at radius 3 is 2.80 bits per heavy atom. The molecule has 1 N–H and O–H groups in total. The molecule has 3 heterocycles. The molecule has 128 valence electrons. The number of hydrogen-bond donors (Lipinski definition) is 1. The molecule has 0 radical (unpaired) electrons. The molecule has 3 aromatic rings. The molecule has 1 atom stereocenters. The van der Waals surface area contributed by atoms with E-state index in [4.69, 9.17) is 0 Å². The highest BCUT2D eigenvalue weighted by atomic mass is 32.2. The summed E-state index contributed by atoms with van der Waals surface area (Å²) in [5.41, 5.74) is 5.53. The molecule has 1 unspecified atom stereocenters. The molecule has 0 spiro atoms. The molecule has 0 fully saturated rings. The van der Waals surface area contributed by atoms with Crippen molar-refractivity contribution in [1.29, 1.82) is 0 Å². The van der Waals surface area contributed by atoms with Gasteiger partial charge in [0.15, 0.2) is 5.50 Å². The van der Waals surface area contributed by atoms with Crippen LogP contribution in [0, 0.1) is 20.8 Å². The van der Waals surface area contributed by atoms with Crippen LogP contribution in [0.2, 0.25) is 0 Å². The second kappa shape index (κ2) is 5.81. The highest BCUT2D eigenvalue weighted by Crippen LogP contribution is 2.41. The standard InChI is InChI=1S/C19H20N4OS/c1-11-5-6-15-16(9-11)25-19(22(15)4)21-18(24)14-7-8-23-13(3)10-12(2)20-17(14)23/h5-10,19H,1-4H3,(H,21,24). The van der Waals surface area contributed by atoms with Crippen LogP contribution in [0.4, 0.5) is 5.69 Å². The van der Waals surface area contributed by atoms with Crippen LogP contribution in [0.3, 0.4) is 0 Å². The number of nitrogens with one attached hydrogen (secondary N) is 1. The van der Waals surface area contributed by atoms with Crippen molar-refractivity contribution in [2.45, 2.75) is 31.2 Å². The Labute approximate surface area is 151 Å². The van der Waals surface area contributed by atoms with Crippen molar-refractivity contribution in [2.75, 3.05) is 11.9 Å². The lowest BCUT2D eigenvalue weighted by atomic mass is 10.2. The third-order valence-electron chi connectivity index (χ3n) is 4.52. The van der Waals surface area contributed by atoms with Crippen LogP contribution in [0.25, 0.3) is 5.65 Å². The number of benzene rings is 1. The molecule has 0 aliphatic carbocycles. The van der Waals surface area contributed by atoms with Gasteiger partial charge in [0, 0.05) is 29.5 Å². The van der Waals surface area contributed by atoms with Gasteiger partial charge in [0.1, 0.15) is 5.65 Å². The largest absolute Gasteiger partial charge is 0.345 e. The van der Waals surface area contributed by atoms with Crippen LogP contribution in [0.15, 0.2) is 41.4 Å². The zero-order valence-corrected chi connectivity index (χ0v) is 15.5. The van der Waals surface area contributed by atoms with Gasteiger partial charge in [0.2, 0.25) is 0 Å². The number of thioether (sulfide) groups is 1. The van der Waals surface area contributed by atoms with Crippen molar-refractivity contribution in [1.82, 2.24) is 14.7 Å². The maximum absolute atomic E-state index is 12.9. The van der Waals surface area contributed by atoms with Crippen molar-refractivity contribution < 1.29 is 4.79 Å². The van der Waals surface area contributed by atoms with Crippen molar-refractivity contribution in [3.05, 3.63) is 59.0 Å². The van der Waals surface area contributed by atoms with Gasteiger partial charge in [0.25, 0.3) is 5.91 Å². The molecule has 6 heteroatoms. The first-order valence-corrected chi connectivity index (χ1v) is 9.08. The number of aromatic nitrogens is 2. The second-order valence-electron chi connectivity index (χ2n) is 6.49. The van der Waals surface area contributed by atoms with E-state index in [0.717, 1.165) is 17.1 Å². The third kappa shape index (κ3) is 2.66. The normalized spacial score (nSPS) is 16.3. The van der Waals surface area contributed by atoms with Crippen LogP contribution in [-0.4, -0.2) is 27.8 Å². The number of nitrogens with zero attached hydrogens (tertiary/aromatic N) is 3. The zero-order valence-electron chi connectivity index (χ0n) is 14.7. The first-order valence-electron chi connectivity index (χ1n) is 8.20. The number of fused-ring (bicyclic) bond motifs is 2. The molecule has 1 aliphatic heterocycles. The van der Waals surface area contributed by atoms with E-state index >= 15 is 0 Å². The molecule has 25 heavy (non-hydrogen) atoms. The number of hydrogen-bond acceptors (Lipinski definition) is 4. The SMILES string of the molecule is Cc1ccc2c(c1)SC(NC(=O)c1ccn3c(C)cc(C)nc13)N2C. The lowest BCUT2D eigenvalue weighted by Crippen LogP contribution is -2.41. The summed E-state index contributed by atoms with van der Waals surface area (Å²) in [6, 6.07) is 10.2. The fourth-order valence-corrected chi connectivity index (χ4v) is 4.48. The molecular formula is C19H20N4OS. The van der Waals surface area contributed by atoms with Gasteiger partial charge in [-0.1, -0.05) is 17.8 Å². The predicted octanol–water partition coefficient (Wildman–Crippen LogP) is 3.52. The average Bonchev–Trinajstić information content (AvgIpc) is 3.09. The Hall–Kier alpha value is -2.47. The van der Waals surface area contributed by atoms with Gasteiger partial charge in [-0.15, -0.1) is 0 Å². The van der Waals surface area contributed by atoms with Crippen molar-refractivity contribution >= 4 is 29.0 Å². The summed E-state index contributed by atoms with van der Waals surface area (Å²) < 4.78 is 1.95. The molecule has 1 aromatic carbocycles. The van der Waals surface area contributed by atoms with Crippen LogP contribution in [0.5, 0.6) is 0 Å². The summed E-state index contributed by atoms with van der Waals surface area (Å²) in [7, 11) is 2.00. The van der Waals surface area contributed by atoms with Crippen molar-refractivity contribution in [2.24, 2.45) is 0 Å². The zero-order chi connectivity index (χ0) is 17.7. The van der Waals surface area contributed by atoms with Gasteiger partial charge in [-0.05, 0) is 50.6 Å². The van der Waals surface area contributed by atoms with Gasteiger partial charge < -0.3 is 14.6 Å². The van der Waals surface area contributed by atoms with E-state index in [0.29, 0.717) is 11.2 Å². The van der Waals surface area contributed by atoms with Gasteiger partial charge in [-0.3, -0.25) is 4.79 Å². The summed E-state index contributed by atoms with van der Waals surface area (Å²) >= 11 is 1.66. The first kappa shape index (κ1) is 16.0. The van der Waals surface area contributed by atoms with Gasteiger partial charge >= 0.3 is 0 Å². The highest BCUT2D eigenvalue weighted by molar-refractivity contribution is 8.00. The van der Waals surface area contributed by atoms with Gasteiger partial charge in [0.05, 0.1) is 11.3 Å². The van der Waals surface area contributed by atoms with Crippen LogP contribution >= 0.6 is 11.8 Å². The Morgan fingerprint density at radius 1 is 1.20 bits per heavy atom. The molecule has 1 aliphatic rings. The Kier molecular flexibility index (Phi) is 3.72. The van der Waals surface area contributed by atoms with Crippen molar-refractivity contribution in [3.63, 3.8) is 0 Å². The minimum absolute atomic E-state index is 0.103. The molecular weight excluding hydrogens is 332 g/mol. The van der Waals surface area contributed by atoms with E-state index in [1.54, 1.807) is 11.8 Å². The Balaban J connectivity index is 1.61. The second-order valence-corrected chi connectivity index (χ2v) is 7.61. The smallest absolute Gasteiger partial charge is 0.257 e. The number of amides is 1. The molecule has 0 saturated carbocycles. The molecule has 4 rings (SSSR count). The lowest BCUT2D eigenvalue weighted by molar-refractivity contribution is 0.0951. The monoisotopic (exact) mass is 352 g/mol. The fourth-order valence-electron chi connectivity index (χ4n) is 3.22. The van der Waals surface area contributed by atoms with Gasteiger partial charge in [-0.2, -0.15) is 0 Å². The molecule has 2 aromatic heterocycles. The topological polar surface area (TPSA) is 49.6 Å². The highest BCUT2D eigenvalue weighted by Gasteiger charge is 2.29. The Morgan fingerprint density at radius 2 is 2.00 bits per heavy atom. The van der Waals surface area contributed by atoms with E-state index in [1.165, 1.54) is 10.5 Å². The third-order valence-corrected chi connectivity index (χ3v) is 5.76. The molecule has 0 saturated heterocycles. The average molecular weight is 352 g/mol. The number of carbonyl (C=O) groups excluding carboxylic acids is 1. The molecule has 1 amide bonds. The minimum Gasteiger partial charge on any atom is -0.345 e. The number of carbonyl (C=O) groups is 1. The summed E-state index contributed by atoms with van der Waals surface area (Å²) in [6.07, 6.45) is 1.90. The van der Waals surface area contributed by atoms with E-state index in [1.807, 2.05) is 43.6 Å². The van der Waals surface area contributed by atoms with Crippen LogP contribution in [-0.2, 0) is 0 Å². The Bertz CT molecular complexity index is 994. The quantitative estimate of drug-likeness (QED) is 0.767. The van der Waals surface area contributed by atoms with E-state index < -0.39 is 0 Å². The van der Waals surface area contributed by atoms with E-state index in [9.17, 15) is 4.79 Å². The fraction of sp³-hybridized carbons (Fsp3) is 0.263. The van der Waals surface area contributed by atoms with Gasteiger partial charge in [-0.25, -0.2) is 4.98 Å². The van der Waals surface area contributed by atoms with Crippen molar-refractivity contribution in [3.8, 4) is 0 Å². The molecule has 5 nitrogen and oxygen atoms in total. The number of anilines is 1. The maximum atomic E-state index is 12.9. The van der Waals surface area contributed by atoms with Crippen LogP contribution < -0.4 is 10.2 Å². The number of rotatable bonds is 2. The minimum atomic E-state index is -0.120. The lowest BCUT2D eigenvalue weighted by Gasteiger charge is -2.22. The maximum Gasteiger partial charge on any atom is 0.257 e. The van der Waals surface area contributed by atoms with E-state index in [-0.39, 0.29) is 11.4 Å². The summed E-state index contributed by atoms with van der Waals surface area (Å²) in [6.45, 7) is 6.04. The summed E-state index contributed by atoms with van der Waals surface area (Å²) in [4.78, 5) is 20.7.